The summed E-state index contributed by atoms with van der Waals surface area (Å²) in [5.74, 6) is -0.461. The van der Waals surface area contributed by atoms with Gasteiger partial charge in [0, 0.05) is 25.4 Å². The largest absolute Gasteiger partial charge is 0.482 e. The first kappa shape index (κ1) is 17.0. The van der Waals surface area contributed by atoms with Crippen LogP contribution in [0.4, 0.5) is 0 Å². The number of thiazole rings is 1. The number of amides is 1. The minimum Gasteiger partial charge on any atom is -0.482 e. The zero-order valence-electron chi connectivity index (χ0n) is 12.8. The summed E-state index contributed by atoms with van der Waals surface area (Å²) in [5, 5.41) is 10.5. The average Bonchev–Trinajstić information content (AvgIpc) is 3.05. The first-order valence-electron chi connectivity index (χ1n) is 7.09. The van der Waals surface area contributed by atoms with Crippen LogP contribution in [0.2, 0.25) is 0 Å². The van der Waals surface area contributed by atoms with Crippen LogP contribution >= 0.6 is 11.3 Å². The molecule has 2 rings (SSSR count). The van der Waals surface area contributed by atoms with Crippen LogP contribution in [-0.2, 0) is 22.6 Å². The van der Waals surface area contributed by atoms with E-state index >= 15 is 0 Å². The van der Waals surface area contributed by atoms with E-state index in [0.29, 0.717) is 25.1 Å². The van der Waals surface area contributed by atoms with Crippen molar-refractivity contribution in [2.24, 2.45) is 0 Å². The number of aromatic nitrogens is 1. The van der Waals surface area contributed by atoms with E-state index in [9.17, 15) is 9.59 Å². The molecule has 0 bridgehead atoms. The molecule has 0 aliphatic rings. The smallest absolute Gasteiger partial charge is 0.341 e. The highest BCUT2D eigenvalue weighted by Crippen LogP contribution is 2.14. The molecule has 0 saturated carbocycles. The number of rotatable bonds is 8. The summed E-state index contributed by atoms with van der Waals surface area (Å²) in [5.41, 5.74) is 3.66. The predicted octanol–water partition coefficient (Wildman–Crippen LogP) is 2.20. The second-order valence-corrected chi connectivity index (χ2v) is 5.77. The van der Waals surface area contributed by atoms with Gasteiger partial charge in [-0.05, 0) is 24.1 Å². The number of carbonyl (C=O) groups excluding carboxylic acids is 1. The van der Waals surface area contributed by atoms with Gasteiger partial charge in [0.2, 0.25) is 5.91 Å². The van der Waals surface area contributed by atoms with Gasteiger partial charge in [-0.15, -0.1) is 11.3 Å². The Hall–Kier alpha value is -2.41. The summed E-state index contributed by atoms with van der Waals surface area (Å²) in [6, 6.07) is 7.04. The Morgan fingerprint density at radius 1 is 1.30 bits per heavy atom. The maximum absolute atomic E-state index is 12.1. The van der Waals surface area contributed by atoms with Crippen LogP contribution in [0.15, 0.2) is 35.2 Å². The molecule has 0 fully saturated rings. The third-order valence-corrected chi connectivity index (χ3v) is 3.84. The van der Waals surface area contributed by atoms with Crippen LogP contribution < -0.4 is 4.74 Å². The molecule has 2 aromatic rings. The van der Waals surface area contributed by atoms with Gasteiger partial charge in [0.25, 0.3) is 0 Å². The highest BCUT2D eigenvalue weighted by atomic mass is 32.1. The molecule has 0 radical (unpaired) electrons. The van der Waals surface area contributed by atoms with E-state index in [4.69, 9.17) is 9.84 Å². The molecular formula is C16H18N2O4S. The molecule has 0 atom stereocenters. The number of carboxylic acids is 1. The normalized spacial score (nSPS) is 10.3. The van der Waals surface area contributed by atoms with Crippen molar-refractivity contribution in [3.8, 4) is 5.75 Å². The topological polar surface area (TPSA) is 79.7 Å². The van der Waals surface area contributed by atoms with Gasteiger partial charge >= 0.3 is 5.97 Å². The molecule has 122 valence electrons. The van der Waals surface area contributed by atoms with E-state index in [1.807, 2.05) is 17.5 Å². The number of carboxylic acid groups (broad SMARTS) is 1. The van der Waals surface area contributed by atoms with Gasteiger partial charge in [-0.1, -0.05) is 12.1 Å². The van der Waals surface area contributed by atoms with Gasteiger partial charge in [-0.25, -0.2) is 9.78 Å². The summed E-state index contributed by atoms with van der Waals surface area (Å²) >= 11 is 1.52. The molecule has 1 aromatic heterocycles. The summed E-state index contributed by atoms with van der Waals surface area (Å²) < 4.78 is 5.07. The summed E-state index contributed by atoms with van der Waals surface area (Å²) in [6.07, 6.45) is 1.08. The molecule has 6 nitrogen and oxygen atoms in total. The van der Waals surface area contributed by atoms with Crippen molar-refractivity contribution in [1.29, 1.82) is 0 Å². The number of nitrogens with zero attached hydrogens (tertiary/aromatic N) is 2. The Bertz CT molecular complexity index is 641. The molecule has 0 aliphatic carbocycles. The molecule has 0 saturated heterocycles. The number of aryl methyl sites for hydroxylation is 1. The summed E-state index contributed by atoms with van der Waals surface area (Å²) in [7, 11) is 1.76. The lowest BCUT2D eigenvalue weighted by Crippen LogP contribution is -2.26. The molecule has 7 heteroatoms. The first-order chi connectivity index (χ1) is 11.0. The van der Waals surface area contributed by atoms with E-state index in [-0.39, 0.29) is 12.5 Å². The molecule has 1 N–H and O–H groups in total. The fraction of sp³-hybridized carbons (Fsp3) is 0.312. The van der Waals surface area contributed by atoms with Crippen molar-refractivity contribution < 1.29 is 19.4 Å². The van der Waals surface area contributed by atoms with Crippen molar-refractivity contribution in [3.63, 3.8) is 0 Å². The Morgan fingerprint density at radius 3 is 2.65 bits per heavy atom. The van der Waals surface area contributed by atoms with Gasteiger partial charge < -0.3 is 14.7 Å². The van der Waals surface area contributed by atoms with E-state index in [1.54, 1.807) is 29.6 Å². The fourth-order valence-corrected chi connectivity index (χ4v) is 2.58. The highest BCUT2D eigenvalue weighted by molar-refractivity contribution is 7.07. The van der Waals surface area contributed by atoms with Crippen molar-refractivity contribution in [2.75, 3.05) is 13.7 Å². The van der Waals surface area contributed by atoms with Gasteiger partial charge in [0.05, 0.1) is 11.2 Å². The van der Waals surface area contributed by atoms with Crippen molar-refractivity contribution in [2.45, 2.75) is 19.4 Å². The van der Waals surface area contributed by atoms with Crippen molar-refractivity contribution in [1.82, 2.24) is 9.88 Å². The molecule has 0 spiro atoms. The van der Waals surface area contributed by atoms with Crippen molar-refractivity contribution in [3.05, 3.63) is 46.4 Å². The fourth-order valence-electron chi connectivity index (χ4n) is 1.99. The maximum atomic E-state index is 12.1. The Labute approximate surface area is 138 Å². The van der Waals surface area contributed by atoms with Gasteiger partial charge in [-0.3, -0.25) is 4.79 Å². The van der Waals surface area contributed by atoms with Crippen molar-refractivity contribution >= 4 is 23.2 Å². The third kappa shape index (κ3) is 5.71. The average molecular weight is 334 g/mol. The Morgan fingerprint density at radius 2 is 2.04 bits per heavy atom. The lowest BCUT2D eigenvalue weighted by atomic mass is 10.2. The Balaban J connectivity index is 1.80. The number of carbonyl (C=O) groups is 2. The number of aliphatic carboxylic acids is 1. The quantitative estimate of drug-likeness (QED) is 0.800. The molecule has 23 heavy (non-hydrogen) atoms. The minimum absolute atomic E-state index is 0.0594. The second-order valence-electron chi connectivity index (χ2n) is 5.06. The number of hydrogen-bond donors (Lipinski definition) is 1. The summed E-state index contributed by atoms with van der Waals surface area (Å²) in [4.78, 5) is 28.4. The van der Waals surface area contributed by atoms with Gasteiger partial charge in [0.15, 0.2) is 6.61 Å². The zero-order chi connectivity index (χ0) is 16.7. The van der Waals surface area contributed by atoms with Crippen LogP contribution in [0, 0.1) is 0 Å². The lowest BCUT2D eigenvalue weighted by Gasteiger charge is -2.17. The van der Waals surface area contributed by atoms with Crippen LogP contribution in [0.25, 0.3) is 0 Å². The number of hydrogen-bond acceptors (Lipinski definition) is 5. The molecule has 1 heterocycles. The first-order valence-corrected chi connectivity index (χ1v) is 8.03. The predicted molar refractivity (Wildman–Crippen MR) is 86.5 cm³/mol. The molecular weight excluding hydrogens is 316 g/mol. The third-order valence-electron chi connectivity index (χ3n) is 3.21. The van der Waals surface area contributed by atoms with Crippen LogP contribution in [-0.4, -0.2) is 40.5 Å². The molecule has 1 amide bonds. The zero-order valence-corrected chi connectivity index (χ0v) is 13.6. The minimum atomic E-state index is -1.01. The maximum Gasteiger partial charge on any atom is 0.341 e. The SMILES string of the molecule is CN(Cc1ccc(OCC(=O)O)cc1)C(=O)CCc1cscn1. The summed E-state index contributed by atoms with van der Waals surface area (Å²) in [6.45, 7) is 0.128. The highest BCUT2D eigenvalue weighted by Gasteiger charge is 2.10. The second kappa shape index (κ2) is 8.28. The monoisotopic (exact) mass is 334 g/mol. The lowest BCUT2D eigenvalue weighted by molar-refractivity contribution is -0.139. The molecule has 1 aromatic carbocycles. The van der Waals surface area contributed by atoms with Crippen LogP contribution in [0.1, 0.15) is 17.7 Å². The van der Waals surface area contributed by atoms with Crippen LogP contribution in [0.3, 0.4) is 0 Å². The number of ether oxygens (including phenoxy) is 1. The van der Waals surface area contributed by atoms with E-state index in [2.05, 4.69) is 4.98 Å². The van der Waals surface area contributed by atoms with E-state index in [1.165, 1.54) is 11.3 Å². The van der Waals surface area contributed by atoms with E-state index in [0.717, 1.165) is 11.3 Å². The van der Waals surface area contributed by atoms with Crippen LogP contribution in [0.5, 0.6) is 5.75 Å². The Kier molecular flexibility index (Phi) is 6.10. The number of benzene rings is 1. The molecule has 0 unspecified atom stereocenters. The van der Waals surface area contributed by atoms with Gasteiger partial charge in [-0.2, -0.15) is 0 Å². The van der Waals surface area contributed by atoms with E-state index < -0.39 is 5.97 Å². The standard InChI is InChI=1S/C16H18N2O4S/c1-18(15(19)7-4-13-10-23-11-17-13)8-12-2-5-14(6-3-12)22-9-16(20)21/h2-3,5-6,10-11H,4,7-9H2,1H3,(H,20,21). The van der Waals surface area contributed by atoms with Gasteiger partial charge in [0.1, 0.15) is 5.75 Å². The molecule has 0 aliphatic heterocycles.